The molecule has 1 aromatic heterocycles. The molecule has 0 aliphatic rings. The Balaban J connectivity index is 1.71. The van der Waals surface area contributed by atoms with E-state index in [1.165, 1.54) is 21.9 Å². The third-order valence-electron chi connectivity index (χ3n) is 5.12. The van der Waals surface area contributed by atoms with E-state index in [0.717, 1.165) is 27.0 Å². The van der Waals surface area contributed by atoms with Crippen LogP contribution in [0.1, 0.15) is 0 Å². The van der Waals surface area contributed by atoms with Crippen molar-refractivity contribution in [1.29, 1.82) is 0 Å². The van der Waals surface area contributed by atoms with Gasteiger partial charge in [-0.25, -0.2) is 4.98 Å². The van der Waals surface area contributed by atoms with E-state index < -0.39 is 0 Å². The van der Waals surface area contributed by atoms with E-state index in [9.17, 15) is 0 Å². The highest BCUT2D eigenvalue weighted by Crippen LogP contribution is 2.32. The average molecular weight is 436 g/mol. The van der Waals surface area contributed by atoms with Crippen molar-refractivity contribution in [3.05, 3.63) is 114 Å². The predicted octanol–water partition coefficient (Wildman–Crippen LogP) is 8.00. The van der Waals surface area contributed by atoms with Crippen molar-refractivity contribution in [2.24, 2.45) is 0 Å². The van der Waals surface area contributed by atoms with Crippen molar-refractivity contribution in [3.63, 3.8) is 0 Å². The van der Waals surface area contributed by atoms with E-state index in [4.69, 9.17) is 4.98 Å². The molecule has 138 valence electrons. The lowest BCUT2D eigenvalue weighted by atomic mass is 9.98. The van der Waals surface area contributed by atoms with E-state index in [-0.39, 0.29) is 0 Å². The first kappa shape index (κ1) is 17.8. The molecular weight excluding hydrogens is 418 g/mol. The highest BCUT2D eigenvalue weighted by Gasteiger charge is 2.09. The third kappa shape index (κ3) is 3.72. The second kappa shape index (κ2) is 7.65. The second-order valence-electron chi connectivity index (χ2n) is 7.06. The van der Waals surface area contributed by atoms with Crippen molar-refractivity contribution in [2.45, 2.75) is 0 Å². The molecule has 0 saturated carbocycles. The Morgan fingerprint density at radius 1 is 0.448 bits per heavy atom. The van der Waals surface area contributed by atoms with Crippen molar-refractivity contribution in [3.8, 4) is 33.6 Å². The van der Waals surface area contributed by atoms with Crippen LogP contribution in [0.3, 0.4) is 0 Å². The molecule has 29 heavy (non-hydrogen) atoms. The van der Waals surface area contributed by atoms with Gasteiger partial charge in [0.25, 0.3) is 0 Å². The fourth-order valence-electron chi connectivity index (χ4n) is 3.59. The predicted molar refractivity (Wildman–Crippen MR) is 126 cm³/mol. The van der Waals surface area contributed by atoms with Crippen molar-refractivity contribution in [1.82, 2.24) is 4.98 Å². The molecule has 0 aliphatic carbocycles. The summed E-state index contributed by atoms with van der Waals surface area (Å²) in [5.74, 6) is 0. The Kier molecular flexibility index (Phi) is 4.71. The van der Waals surface area contributed by atoms with Gasteiger partial charge in [0.15, 0.2) is 0 Å². The molecule has 5 aromatic rings. The summed E-state index contributed by atoms with van der Waals surface area (Å²) in [6.07, 6.45) is 0. The van der Waals surface area contributed by atoms with Gasteiger partial charge in [-0.15, -0.1) is 0 Å². The molecule has 1 nitrogen and oxygen atoms in total. The van der Waals surface area contributed by atoms with Crippen molar-refractivity contribution in [2.75, 3.05) is 0 Å². The zero-order valence-electron chi connectivity index (χ0n) is 15.7. The number of nitrogens with zero attached hydrogens (tertiary/aromatic N) is 1. The Bertz CT molecular complexity index is 1290. The number of fused-ring (bicyclic) bond motifs is 1. The second-order valence-corrected chi connectivity index (χ2v) is 7.98. The monoisotopic (exact) mass is 435 g/mol. The van der Waals surface area contributed by atoms with E-state index in [2.05, 4.69) is 119 Å². The van der Waals surface area contributed by atoms with Crippen LogP contribution in [0.2, 0.25) is 0 Å². The third-order valence-corrected chi connectivity index (χ3v) is 5.65. The van der Waals surface area contributed by atoms with Gasteiger partial charge in [0.1, 0.15) is 0 Å². The van der Waals surface area contributed by atoms with Crippen LogP contribution in [-0.4, -0.2) is 4.98 Å². The molecule has 0 amide bonds. The Morgan fingerprint density at radius 3 is 1.76 bits per heavy atom. The normalized spacial score (nSPS) is 10.9. The van der Waals surface area contributed by atoms with E-state index in [1.807, 2.05) is 6.07 Å². The summed E-state index contributed by atoms with van der Waals surface area (Å²) in [4.78, 5) is 4.98. The average Bonchev–Trinajstić information content (AvgIpc) is 2.79. The van der Waals surface area contributed by atoms with Gasteiger partial charge in [-0.05, 0) is 52.2 Å². The molecule has 0 unspecified atom stereocenters. The van der Waals surface area contributed by atoms with Crippen molar-refractivity contribution < 1.29 is 0 Å². The highest BCUT2D eigenvalue weighted by molar-refractivity contribution is 9.10. The minimum Gasteiger partial charge on any atom is -0.248 e. The smallest absolute Gasteiger partial charge is 0.0715 e. The molecule has 2 heteroatoms. The van der Waals surface area contributed by atoms with E-state index >= 15 is 0 Å². The number of rotatable bonds is 3. The van der Waals surface area contributed by atoms with Gasteiger partial charge in [0.2, 0.25) is 0 Å². The number of aromatic nitrogens is 1. The lowest BCUT2D eigenvalue weighted by molar-refractivity contribution is 1.32. The number of pyridine rings is 1. The summed E-state index contributed by atoms with van der Waals surface area (Å²) in [6, 6.07) is 38.1. The van der Waals surface area contributed by atoms with Gasteiger partial charge in [0.05, 0.1) is 11.4 Å². The Morgan fingerprint density at radius 2 is 1.03 bits per heavy atom. The van der Waals surface area contributed by atoms with Gasteiger partial charge >= 0.3 is 0 Å². The number of halogens is 1. The van der Waals surface area contributed by atoms with E-state index in [1.54, 1.807) is 0 Å². The topological polar surface area (TPSA) is 12.9 Å². The summed E-state index contributed by atoms with van der Waals surface area (Å²) >= 11 is 3.52. The number of hydrogen-bond donors (Lipinski definition) is 0. The minimum atomic E-state index is 0.974. The summed E-state index contributed by atoms with van der Waals surface area (Å²) in [6.45, 7) is 0. The molecule has 0 fully saturated rings. The zero-order valence-corrected chi connectivity index (χ0v) is 17.3. The fraction of sp³-hybridized carbons (Fsp3) is 0. The molecule has 0 bridgehead atoms. The quantitative estimate of drug-likeness (QED) is 0.279. The maximum atomic E-state index is 4.98. The maximum Gasteiger partial charge on any atom is 0.0715 e. The first-order valence-corrected chi connectivity index (χ1v) is 10.4. The van der Waals surface area contributed by atoms with Crippen molar-refractivity contribution >= 4 is 26.7 Å². The van der Waals surface area contributed by atoms with Gasteiger partial charge in [-0.1, -0.05) is 94.8 Å². The molecule has 0 atom stereocenters. The lowest BCUT2D eigenvalue weighted by Crippen LogP contribution is -1.91. The lowest BCUT2D eigenvalue weighted by Gasteiger charge is -2.11. The van der Waals surface area contributed by atoms with Crippen LogP contribution in [0.25, 0.3) is 44.4 Å². The Hall–Kier alpha value is -3.23. The van der Waals surface area contributed by atoms with Gasteiger partial charge in [-0.2, -0.15) is 0 Å². The van der Waals surface area contributed by atoms with Crippen LogP contribution in [0.4, 0.5) is 0 Å². The van der Waals surface area contributed by atoms with Crippen LogP contribution >= 0.6 is 15.9 Å². The molecule has 0 N–H and O–H groups in total. The summed E-state index contributed by atoms with van der Waals surface area (Å²) in [5.41, 5.74) is 6.54. The summed E-state index contributed by atoms with van der Waals surface area (Å²) in [5, 5.41) is 2.50. The van der Waals surface area contributed by atoms with E-state index in [0.29, 0.717) is 0 Å². The molecule has 1 heterocycles. The van der Waals surface area contributed by atoms with Crippen LogP contribution in [0.5, 0.6) is 0 Å². The van der Waals surface area contributed by atoms with Gasteiger partial charge in [0, 0.05) is 15.6 Å². The molecule has 0 radical (unpaired) electrons. The van der Waals surface area contributed by atoms with Crippen LogP contribution in [0.15, 0.2) is 114 Å². The zero-order chi connectivity index (χ0) is 19.6. The molecule has 0 saturated heterocycles. The Labute approximate surface area is 178 Å². The largest absolute Gasteiger partial charge is 0.248 e. The molecule has 0 aliphatic heterocycles. The molecule has 0 spiro atoms. The molecular formula is C27H18BrN. The SMILES string of the molecule is Brc1ccc(-c2cc(-c3ccc4ccccc4c3)cc(-c3ccccc3)n2)cc1. The first-order valence-electron chi connectivity index (χ1n) is 9.59. The molecule has 5 rings (SSSR count). The standard InChI is InChI=1S/C27H18BrN/c28-25-14-12-21(13-15-25)27-18-24(17-26(29-27)20-7-2-1-3-8-20)23-11-10-19-6-4-5-9-22(19)16-23/h1-18H. The fourth-order valence-corrected chi connectivity index (χ4v) is 3.86. The van der Waals surface area contributed by atoms with Gasteiger partial charge < -0.3 is 0 Å². The number of benzene rings is 4. The summed E-state index contributed by atoms with van der Waals surface area (Å²) < 4.78 is 1.07. The van der Waals surface area contributed by atoms with Gasteiger partial charge in [-0.3, -0.25) is 0 Å². The minimum absolute atomic E-state index is 0.974. The maximum absolute atomic E-state index is 4.98. The number of hydrogen-bond acceptors (Lipinski definition) is 1. The molecule has 4 aromatic carbocycles. The summed E-state index contributed by atoms with van der Waals surface area (Å²) in [7, 11) is 0. The highest BCUT2D eigenvalue weighted by atomic mass is 79.9. The first-order chi connectivity index (χ1) is 14.3. The van der Waals surface area contributed by atoms with Crippen LogP contribution < -0.4 is 0 Å². The van der Waals surface area contributed by atoms with Crippen LogP contribution in [-0.2, 0) is 0 Å². The van der Waals surface area contributed by atoms with Crippen LogP contribution in [0, 0.1) is 0 Å².